The molecule has 0 unspecified atom stereocenters. The summed E-state index contributed by atoms with van der Waals surface area (Å²) in [6.45, 7) is 3.95. The molecule has 0 spiro atoms. The van der Waals surface area contributed by atoms with Crippen molar-refractivity contribution in [3.63, 3.8) is 0 Å². The third-order valence-corrected chi connectivity index (χ3v) is 3.62. The van der Waals surface area contributed by atoms with E-state index in [1.165, 1.54) is 7.11 Å². The number of methoxy groups -OCH3 is 1. The Labute approximate surface area is 155 Å². The Morgan fingerprint density at radius 3 is 2.65 bits per heavy atom. The predicted octanol–water partition coefficient (Wildman–Crippen LogP) is 2.98. The first-order chi connectivity index (χ1) is 12.5. The molecule has 2 N–H and O–H groups in total. The van der Waals surface area contributed by atoms with Gasteiger partial charge in [0, 0.05) is 13.0 Å². The van der Waals surface area contributed by atoms with Gasteiger partial charge in [-0.2, -0.15) is 0 Å². The zero-order valence-corrected chi connectivity index (χ0v) is 15.8. The molecule has 0 radical (unpaired) electrons. The number of ether oxygens (including phenoxy) is 2. The quantitative estimate of drug-likeness (QED) is 0.273. The number of carbonyl (C=O) groups is 2. The zero-order chi connectivity index (χ0) is 19.4. The highest BCUT2D eigenvalue weighted by Gasteiger charge is 2.10. The number of hydrogen-bond acceptors (Lipinski definition) is 5. The van der Waals surface area contributed by atoms with Crippen LogP contribution in [0.2, 0.25) is 0 Å². The van der Waals surface area contributed by atoms with Crippen molar-refractivity contribution in [2.45, 2.75) is 46.1 Å². The van der Waals surface area contributed by atoms with Crippen LogP contribution in [0.3, 0.4) is 0 Å². The first kappa shape index (κ1) is 21.7. The number of amides is 1. The van der Waals surface area contributed by atoms with Crippen molar-refractivity contribution in [2.24, 2.45) is 5.92 Å². The van der Waals surface area contributed by atoms with E-state index in [0.717, 1.165) is 24.8 Å². The van der Waals surface area contributed by atoms with E-state index in [0.29, 0.717) is 24.6 Å². The molecule has 6 nitrogen and oxygen atoms in total. The lowest BCUT2D eigenvalue weighted by Crippen LogP contribution is -2.22. The third-order valence-electron chi connectivity index (χ3n) is 3.62. The second kappa shape index (κ2) is 12.1. The number of aliphatic hydroxyl groups is 1. The Morgan fingerprint density at radius 2 is 2.00 bits per heavy atom. The van der Waals surface area contributed by atoms with E-state index >= 15 is 0 Å². The van der Waals surface area contributed by atoms with Gasteiger partial charge in [0.05, 0.1) is 7.11 Å². The van der Waals surface area contributed by atoms with Gasteiger partial charge in [-0.1, -0.05) is 32.1 Å². The Kier molecular flexibility index (Phi) is 10.1. The summed E-state index contributed by atoms with van der Waals surface area (Å²) in [7, 11) is 1.46. The van der Waals surface area contributed by atoms with Crippen LogP contribution in [0, 0.1) is 5.92 Å². The SMILES string of the molecule is COc1cc(CNC(=O)CCCC/C=C/C(C)C)ccc1OC(=O)CO. The molecule has 1 aromatic rings. The highest BCUT2D eigenvalue weighted by molar-refractivity contribution is 5.76. The first-order valence-electron chi connectivity index (χ1n) is 8.88. The van der Waals surface area contributed by atoms with E-state index in [1.807, 2.05) is 0 Å². The maximum Gasteiger partial charge on any atom is 0.337 e. The van der Waals surface area contributed by atoms with Gasteiger partial charge in [-0.3, -0.25) is 4.79 Å². The lowest BCUT2D eigenvalue weighted by atomic mass is 10.1. The molecule has 0 aromatic heterocycles. The van der Waals surface area contributed by atoms with E-state index in [9.17, 15) is 9.59 Å². The second-order valence-electron chi connectivity index (χ2n) is 6.31. The minimum Gasteiger partial charge on any atom is -0.493 e. The molecule has 0 aliphatic heterocycles. The summed E-state index contributed by atoms with van der Waals surface area (Å²) >= 11 is 0. The summed E-state index contributed by atoms with van der Waals surface area (Å²) in [6.07, 6.45) is 7.69. The lowest BCUT2D eigenvalue weighted by molar-refractivity contribution is -0.137. The Balaban J connectivity index is 2.39. The van der Waals surface area contributed by atoms with Crippen LogP contribution in [0.5, 0.6) is 11.5 Å². The number of benzene rings is 1. The summed E-state index contributed by atoms with van der Waals surface area (Å²) in [5, 5.41) is 11.6. The first-order valence-corrected chi connectivity index (χ1v) is 8.88. The maximum absolute atomic E-state index is 11.9. The Bertz CT molecular complexity index is 610. The molecule has 6 heteroatoms. The fourth-order valence-corrected chi connectivity index (χ4v) is 2.27. The average Bonchev–Trinajstić information content (AvgIpc) is 2.63. The number of unbranched alkanes of at least 4 members (excludes halogenated alkanes) is 2. The van der Waals surface area contributed by atoms with Gasteiger partial charge >= 0.3 is 5.97 Å². The minimum atomic E-state index is -0.757. The molecule has 1 aromatic carbocycles. The molecule has 0 fully saturated rings. The number of esters is 1. The van der Waals surface area contributed by atoms with Gasteiger partial charge in [0.2, 0.25) is 5.91 Å². The van der Waals surface area contributed by atoms with E-state index in [-0.39, 0.29) is 11.7 Å². The molecule has 0 heterocycles. The van der Waals surface area contributed by atoms with E-state index in [4.69, 9.17) is 14.6 Å². The van der Waals surface area contributed by atoms with Crippen LogP contribution >= 0.6 is 0 Å². The van der Waals surface area contributed by atoms with Crippen molar-refractivity contribution in [3.8, 4) is 11.5 Å². The summed E-state index contributed by atoms with van der Waals surface area (Å²) in [4.78, 5) is 23.1. The molecule has 0 bridgehead atoms. The topological polar surface area (TPSA) is 84.9 Å². The largest absolute Gasteiger partial charge is 0.493 e. The summed E-state index contributed by atoms with van der Waals surface area (Å²) in [6, 6.07) is 5.01. The van der Waals surface area contributed by atoms with Crippen LogP contribution in [0.4, 0.5) is 0 Å². The van der Waals surface area contributed by atoms with Crippen molar-refractivity contribution in [3.05, 3.63) is 35.9 Å². The highest BCUT2D eigenvalue weighted by Crippen LogP contribution is 2.28. The second-order valence-corrected chi connectivity index (χ2v) is 6.31. The fraction of sp³-hybridized carbons (Fsp3) is 0.500. The number of allylic oxidation sites excluding steroid dienone is 2. The third kappa shape index (κ3) is 8.67. The van der Waals surface area contributed by atoms with Gasteiger partial charge in [-0.05, 0) is 42.9 Å². The van der Waals surface area contributed by atoms with E-state index in [2.05, 4.69) is 31.3 Å². The van der Waals surface area contributed by atoms with Crippen LogP contribution in [0.15, 0.2) is 30.4 Å². The van der Waals surface area contributed by atoms with Gasteiger partial charge in [0.15, 0.2) is 11.5 Å². The highest BCUT2D eigenvalue weighted by atomic mass is 16.6. The number of aliphatic hydroxyl groups excluding tert-OH is 1. The van der Waals surface area contributed by atoms with Gasteiger partial charge in [0.25, 0.3) is 0 Å². The van der Waals surface area contributed by atoms with Crippen molar-refractivity contribution in [1.29, 1.82) is 0 Å². The smallest absolute Gasteiger partial charge is 0.337 e. The summed E-state index contributed by atoms with van der Waals surface area (Å²) in [5.41, 5.74) is 0.832. The Morgan fingerprint density at radius 1 is 1.23 bits per heavy atom. The van der Waals surface area contributed by atoms with Gasteiger partial charge in [0.1, 0.15) is 6.61 Å². The minimum absolute atomic E-state index is 0.00703. The molecule has 1 amide bonds. The number of carbonyl (C=O) groups excluding carboxylic acids is 2. The molecule has 0 saturated carbocycles. The monoisotopic (exact) mass is 363 g/mol. The van der Waals surface area contributed by atoms with Crippen molar-refractivity contribution < 1.29 is 24.2 Å². The summed E-state index contributed by atoms with van der Waals surface area (Å²) in [5.74, 6) is 0.417. The molecule has 26 heavy (non-hydrogen) atoms. The molecule has 0 aliphatic rings. The molecule has 0 atom stereocenters. The molecular formula is C20H29NO5. The van der Waals surface area contributed by atoms with Gasteiger partial charge in [-0.25, -0.2) is 4.79 Å². The standard InChI is InChI=1S/C20H29NO5/c1-15(2)8-6-4-5-7-9-19(23)21-13-16-10-11-17(18(12-16)25-3)26-20(24)14-22/h6,8,10-12,15,22H,4-5,7,9,13-14H2,1-3H3,(H,21,23)/b8-6+. The maximum atomic E-state index is 11.9. The van der Waals surface area contributed by atoms with Crippen molar-refractivity contribution in [2.75, 3.05) is 13.7 Å². The zero-order valence-electron chi connectivity index (χ0n) is 15.8. The average molecular weight is 363 g/mol. The normalized spacial score (nSPS) is 11.0. The number of hydrogen-bond donors (Lipinski definition) is 2. The predicted molar refractivity (Wildman–Crippen MR) is 100 cm³/mol. The summed E-state index contributed by atoms with van der Waals surface area (Å²) < 4.78 is 10.1. The Hall–Kier alpha value is -2.34. The number of nitrogens with one attached hydrogen (secondary N) is 1. The van der Waals surface area contributed by atoms with Crippen LogP contribution in [0.25, 0.3) is 0 Å². The van der Waals surface area contributed by atoms with E-state index < -0.39 is 12.6 Å². The van der Waals surface area contributed by atoms with Crippen molar-refractivity contribution >= 4 is 11.9 Å². The molecule has 0 aliphatic carbocycles. The molecular weight excluding hydrogens is 334 g/mol. The molecule has 1 rings (SSSR count). The van der Waals surface area contributed by atoms with Crippen molar-refractivity contribution in [1.82, 2.24) is 5.32 Å². The van der Waals surface area contributed by atoms with Crippen LogP contribution < -0.4 is 14.8 Å². The van der Waals surface area contributed by atoms with Gasteiger partial charge in [-0.15, -0.1) is 0 Å². The molecule has 144 valence electrons. The lowest BCUT2D eigenvalue weighted by Gasteiger charge is -2.11. The molecule has 0 saturated heterocycles. The van der Waals surface area contributed by atoms with Crippen LogP contribution in [-0.4, -0.2) is 30.7 Å². The van der Waals surface area contributed by atoms with E-state index in [1.54, 1.807) is 18.2 Å². The van der Waals surface area contributed by atoms with Crippen LogP contribution in [-0.2, 0) is 16.1 Å². The van der Waals surface area contributed by atoms with Gasteiger partial charge < -0.3 is 19.9 Å². The van der Waals surface area contributed by atoms with Crippen LogP contribution in [0.1, 0.15) is 45.1 Å². The fourth-order valence-electron chi connectivity index (χ4n) is 2.27. The number of rotatable bonds is 11.